The van der Waals surface area contributed by atoms with Crippen molar-refractivity contribution in [1.29, 1.82) is 0 Å². The van der Waals surface area contributed by atoms with Gasteiger partial charge in [0.1, 0.15) is 16.2 Å². The van der Waals surface area contributed by atoms with Gasteiger partial charge in [0.25, 0.3) is 5.91 Å². The number of hydrogen-bond acceptors (Lipinski definition) is 8. The van der Waals surface area contributed by atoms with Crippen molar-refractivity contribution in [2.75, 3.05) is 31.2 Å². The van der Waals surface area contributed by atoms with Crippen molar-refractivity contribution >= 4 is 49.1 Å². The van der Waals surface area contributed by atoms with E-state index in [1.807, 2.05) is 41.7 Å². The number of aryl methyl sites for hydroxylation is 1. The molecule has 0 radical (unpaired) electrons. The van der Waals surface area contributed by atoms with E-state index < -0.39 is 5.91 Å². The third-order valence-corrected chi connectivity index (χ3v) is 7.25. The van der Waals surface area contributed by atoms with E-state index >= 15 is 0 Å². The Morgan fingerprint density at radius 1 is 1.11 bits per heavy atom. The van der Waals surface area contributed by atoms with Gasteiger partial charge in [0.2, 0.25) is 5.43 Å². The number of carbonyl (C=O) groups is 1. The van der Waals surface area contributed by atoms with Crippen molar-refractivity contribution in [3.8, 4) is 0 Å². The highest BCUT2D eigenvalue weighted by Gasteiger charge is 2.23. The summed E-state index contributed by atoms with van der Waals surface area (Å²) in [5.74, 6) is 0.347. The number of morpholine rings is 1. The monoisotopic (exact) mass is 486 g/mol. The van der Waals surface area contributed by atoms with Crippen LogP contribution in [0, 0.1) is 6.92 Å². The largest absolute Gasteiger partial charge is 0.378 e. The molecule has 5 heterocycles. The lowest BCUT2D eigenvalue weighted by atomic mass is 10.1. The van der Waals surface area contributed by atoms with Crippen LogP contribution in [-0.2, 0) is 11.3 Å². The zero-order chi connectivity index (χ0) is 23.9. The Bertz CT molecular complexity index is 1640. The number of thiazole rings is 1. The highest BCUT2D eigenvalue weighted by Crippen LogP contribution is 2.31. The number of benzene rings is 1. The summed E-state index contributed by atoms with van der Waals surface area (Å²) in [6.45, 7) is 4.78. The summed E-state index contributed by atoms with van der Waals surface area (Å²) in [5.41, 5.74) is 2.65. The molecule has 6 rings (SSSR count). The highest BCUT2D eigenvalue weighted by atomic mass is 32.1. The lowest BCUT2D eigenvalue weighted by molar-refractivity contribution is 0.0951. The molecule has 4 aromatic heterocycles. The van der Waals surface area contributed by atoms with E-state index in [1.165, 1.54) is 11.3 Å². The average Bonchev–Trinajstić information content (AvgIpc) is 3.28. The molecule has 1 amide bonds. The smallest absolute Gasteiger partial charge is 0.258 e. The molecule has 5 aromatic rings. The fraction of sp³-hybridized carbons (Fsp3) is 0.240. The Labute approximate surface area is 204 Å². The number of anilines is 1. The number of rotatable bonds is 4. The van der Waals surface area contributed by atoms with Crippen LogP contribution in [-0.4, -0.2) is 51.6 Å². The van der Waals surface area contributed by atoms with Gasteiger partial charge in [-0.25, -0.2) is 4.98 Å². The summed E-state index contributed by atoms with van der Waals surface area (Å²) in [4.78, 5) is 43.1. The van der Waals surface area contributed by atoms with E-state index in [2.05, 4.69) is 20.2 Å². The first kappa shape index (κ1) is 21.6. The molecule has 0 saturated carbocycles. The zero-order valence-corrected chi connectivity index (χ0v) is 19.8. The number of pyridine rings is 2. The standard InChI is InChI=1S/C25H22N6O3S/c1-15-12-27-16(13-26-15)14-28-24(33)21-22(32)17-6-7-20(30-8-10-34-11-9-30)29-23(17)31-18-4-2-3-5-19(18)35-25(21)31/h2-7,12-13H,8-11,14H2,1H3,(H,28,33). The van der Waals surface area contributed by atoms with Crippen LogP contribution in [0.1, 0.15) is 21.7 Å². The Morgan fingerprint density at radius 3 is 2.74 bits per heavy atom. The van der Waals surface area contributed by atoms with Crippen molar-refractivity contribution in [1.82, 2.24) is 24.7 Å². The van der Waals surface area contributed by atoms with Crippen LogP contribution in [0.3, 0.4) is 0 Å². The van der Waals surface area contributed by atoms with Crippen LogP contribution >= 0.6 is 11.3 Å². The number of nitrogens with zero attached hydrogens (tertiary/aromatic N) is 5. The Morgan fingerprint density at radius 2 is 1.94 bits per heavy atom. The second-order valence-electron chi connectivity index (χ2n) is 8.39. The third-order valence-electron chi connectivity index (χ3n) is 6.10. The summed E-state index contributed by atoms with van der Waals surface area (Å²) >= 11 is 1.41. The van der Waals surface area contributed by atoms with E-state index in [0.717, 1.165) is 34.8 Å². The lowest BCUT2D eigenvalue weighted by Crippen LogP contribution is -2.36. The molecule has 0 atom stereocenters. The van der Waals surface area contributed by atoms with E-state index in [4.69, 9.17) is 9.72 Å². The van der Waals surface area contributed by atoms with Crippen LogP contribution in [0.25, 0.3) is 26.1 Å². The zero-order valence-electron chi connectivity index (χ0n) is 19.0. The first-order chi connectivity index (χ1) is 17.1. The second-order valence-corrected chi connectivity index (χ2v) is 9.42. The first-order valence-electron chi connectivity index (χ1n) is 11.4. The molecule has 1 aliphatic heterocycles. The molecule has 1 fully saturated rings. The Balaban J connectivity index is 1.51. The van der Waals surface area contributed by atoms with Crippen LogP contribution in [0.5, 0.6) is 0 Å². The predicted molar refractivity (Wildman–Crippen MR) is 135 cm³/mol. The number of para-hydroxylation sites is 1. The number of carbonyl (C=O) groups excluding carboxylic acids is 1. The SMILES string of the molecule is Cc1cnc(CNC(=O)c2c(=O)c3ccc(N4CCOCC4)nc3n3c2sc2ccccc23)cn1. The van der Waals surface area contributed by atoms with E-state index in [9.17, 15) is 9.59 Å². The molecule has 0 aliphatic carbocycles. The van der Waals surface area contributed by atoms with Crippen LogP contribution < -0.4 is 15.6 Å². The van der Waals surface area contributed by atoms with Crippen molar-refractivity contribution in [2.24, 2.45) is 0 Å². The van der Waals surface area contributed by atoms with Gasteiger partial charge in [-0.05, 0) is 31.2 Å². The number of fused-ring (bicyclic) bond motifs is 5. The predicted octanol–water partition coefficient (Wildman–Crippen LogP) is 2.93. The molecule has 0 bridgehead atoms. The molecule has 9 nitrogen and oxygen atoms in total. The molecular formula is C25H22N6O3S. The molecule has 0 unspecified atom stereocenters. The summed E-state index contributed by atoms with van der Waals surface area (Å²) < 4.78 is 8.37. The Kier molecular flexibility index (Phi) is 5.39. The third kappa shape index (κ3) is 3.80. The molecule has 1 N–H and O–H groups in total. The first-order valence-corrected chi connectivity index (χ1v) is 12.2. The van der Waals surface area contributed by atoms with Crippen molar-refractivity contribution in [3.63, 3.8) is 0 Å². The van der Waals surface area contributed by atoms with Gasteiger partial charge in [-0.2, -0.15) is 0 Å². The maximum absolute atomic E-state index is 13.6. The van der Waals surface area contributed by atoms with Gasteiger partial charge < -0.3 is 15.0 Å². The summed E-state index contributed by atoms with van der Waals surface area (Å²) in [7, 11) is 0. The molecular weight excluding hydrogens is 464 g/mol. The summed E-state index contributed by atoms with van der Waals surface area (Å²) in [6.07, 6.45) is 3.27. The van der Waals surface area contributed by atoms with E-state index in [0.29, 0.717) is 34.8 Å². The number of hydrogen-bond donors (Lipinski definition) is 1. The number of aromatic nitrogens is 4. The average molecular weight is 487 g/mol. The molecule has 176 valence electrons. The highest BCUT2D eigenvalue weighted by molar-refractivity contribution is 7.24. The van der Waals surface area contributed by atoms with Crippen LogP contribution in [0.15, 0.2) is 53.6 Å². The minimum Gasteiger partial charge on any atom is -0.378 e. The van der Waals surface area contributed by atoms with Gasteiger partial charge in [0.15, 0.2) is 5.65 Å². The van der Waals surface area contributed by atoms with Crippen molar-refractivity contribution in [2.45, 2.75) is 13.5 Å². The van der Waals surface area contributed by atoms with Crippen LogP contribution in [0.2, 0.25) is 0 Å². The topological polar surface area (TPSA) is 102 Å². The molecule has 0 spiro atoms. The fourth-order valence-corrected chi connectivity index (χ4v) is 5.50. The maximum atomic E-state index is 13.6. The quantitative estimate of drug-likeness (QED) is 0.417. The number of amides is 1. The van der Waals surface area contributed by atoms with Gasteiger partial charge >= 0.3 is 0 Å². The molecule has 1 aromatic carbocycles. The maximum Gasteiger partial charge on any atom is 0.258 e. The Hall–Kier alpha value is -3.89. The molecule has 1 aliphatic rings. The van der Waals surface area contributed by atoms with Gasteiger partial charge in [-0.3, -0.25) is 24.0 Å². The summed E-state index contributed by atoms with van der Waals surface area (Å²) in [6, 6.07) is 11.5. The van der Waals surface area contributed by atoms with E-state index in [-0.39, 0.29) is 17.5 Å². The fourth-order valence-electron chi connectivity index (χ4n) is 4.32. The minimum absolute atomic E-state index is 0.111. The molecule has 1 saturated heterocycles. The molecule has 10 heteroatoms. The summed E-state index contributed by atoms with van der Waals surface area (Å²) in [5, 5.41) is 3.26. The van der Waals surface area contributed by atoms with Crippen molar-refractivity contribution in [3.05, 3.63) is 76.0 Å². The number of ether oxygens (including phenoxy) is 1. The van der Waals surface area contributed by atoms with Crippen molar-refractivity contribution < 1.29 is 9.53 Å². The van der Waals surface area contributed by atoms with Gasteiger partial charge in [-0.1, -0.05) is 12.1 Å². The normalized spacial score (nSPS) is 14.1. The van der Waals surface area contributed by atoms with Gasteiger partial charge in [-0.15, -0.1) is 11.3 Å². The lowest BCUT2D eigenvalue weighted by Gasteiger charge is -2.27. The molecule has 35 heavy (non-hydrogen) atoms. The number of nitrogens with one attached hydrogen (secondary N) is 1. The minimum atomic E-state index is -0.444. The van der Waals surface area contributed by atoms with Crippen LogP contribution in [0.4, 0.5) is 5.82 Å². The van der Waals surface area contributed by atoms with Gasteiger partial charge in [0.05, 0.1) is 52.9 Å². The van der Waals surface area contributed by atoms with Gasteiger partial charge in [0, 0.05) is 19.3 Å². The van der Waals surface area contributed by atoms with E-state index in [1.54, 1.807) is 18.5 Å². The second kappa shape index (κ2) is 8.71.